The van der Waals surface area contributed by atoms with E-state index in [1.165, 1.54) is 12.1 Å². The van der Waals surface area contributed by atoms with Crippen LogP contribution < -0.4 is 31.9 Å². The highest BCUT2D eigenvalue weighted by Crippen LogP contribution is 2.21. The number of rotatable bonds is 10. The molecule has 0 aliphatic carbocycles. The fraction of sp³-hybridized carbons (Fsp3) is 0.261. The first-order chi connectivity index (χ1) is 30.5. The Morgan fingerprint density at radius 3 is 1.25 bits per heavy atom. The van der Waals surface area contributed by atoms with E-state index in [1.54, 1.807) is 54.9 Å². The Bertz CT molecular complexity index is 2520. The molecule has 5 unspecified atom stereocenters. The molecule has 1 saturated heterocycles. The number of fused-ring (bicyclic) bond motifs is 2. The number of aliphatic hydroxyl groups excluding tert-OH is 1. The van der Waals surface area contributed by atoms with E-state index >= 15 is 0 Å². The van der Waals surface area contributed by atoms with Gasteiger partial charge in [-0.05, 0) is 46.5 Å². The van der Waals surface area contributed by atoms with E-state index in [0.717, 1.165) is 21.8 Å². The minimum Gasteiger partial charge on any atom is -0.508 e. The molecular formula is C46H48N8O8S. The third-order valence-corrected chi connectivity index (χ3v) is 11.4. The number of hydrogen-bond donors (Lipinski definition) is 11. The van der Waals surface area contributed by atoms with E-state index < -0.39 is 78.3 Å². The molecule has 10 N–H and O–H groups in total. The summed E-state index contributed by atoms with van der Waals surface area (Å²) < 4.78 is 0. The molecule has 63 heavy (non-hydrogen) atoms. The van der Waals surface area contributed by atoms with Crippen LogP contribution >= 0.6 is 12.6 Å². The topological polar surface area (TPSA) is 247 Å². The molecule has 2 aromatic heterocycles. The third-order valence-electron chi connectivity index (χ3n) is 11.0. The lowest BCUT2D eigenvalue weighted by atomic mass is 10.00. The zero-order chi connectivity index (χ0) is 44.5. The number of aromatic nitrogens is 2. The van der Waals surface area contributed by atoms with Gasteiger partial charge in [0.25, 0.3) is 0 Å². The summed E-state index contributed by atoms with van der Waals surface area (Å²) in [6.45, 7) is -0.884. The molecule has 0 spiro atoms. The Morgan fingerprint density at radius 1 is 0.429 bits per heavy atom. The largest absolute Gasteiger partial charge is 0.508 e. The van der Waals surface area contributed by atoms with E-state index in [9.17, 15) is 39.0 Å². The summed E-state index contributed by atoms with van der Waals surface area (Å²) in [6.07, 6.45) is 3.21. The number of aromatic hydroxyl groups is 1. The zero-order valence-electron chi connectivity index (χ0n) is 34.0. The van der Waals surface area contributed by atoms with Gasteiger partial charge in [-0.3, -0.25) is 28.8 Å². The number of phenolic OH excluding ortho intramolecular Hbond substituents is 1. The van der Waals surface area contributed by atoms with Crippen LogP contribution in [0.15, 0.2) is 116 Å². The Kier molecular flexibility index (Phi) is 14.1. The van der Waals surface area contributed by atoms with Crippen molar-refractivity contribution in [2.24, 2.45) is 0 Å². The highest BCUT2D eigenvalue weighted by molar-refractivity contribution is 7.80. The van der Waals surface area contributed by atoms with Gasteiger partial charge in [0.1, 0.15) is 42.0 Å². The van der Waals surface area contributed by atoms with Crippen LogP contribution in [0.1, 0.15) is 22.3 Å². The van der Waals surface area contributed by atoms with Crippen LogP contribution in [0, 0.1) is 0 Å². The van der Waals surface area contributed by atoms with Gasteiger partial charge in [0.05, 0.1) is 6.61 Å². The number of aromatic amines is 2. The zero-order valence-corrected chi connectivity index (χ0v) is 34.9. The lowest BCUT2D eigenvalue weighted by Gasteiger charge is -2.29. The second kappa shape index (κ2) is 20.2. The second-order valence-electron chi connectivity index (χ2n) is 15.4. The summed E-state index contributed by atoms with van der Waals surface area (Å²) in [4.78, 5) is 91.8. The lowest BCUT2D eigenvalue weighted by Crippen LogP contribution is -2.63. The van der Waals surface area contributed by atoms with Crippen molar-refractivity contribution in [3.63, 3.8) is 0 Å². The lowest BCUT2D eigenvalue weighted by molar-refractivity contribution is -0.136. The highest BCUT2D eigenvalue weighted by atomic mass is 32.1. The number of hydrogen-bond acceptors (Lipinski definition) is 9. The first kappa shape index (κ1) is 44.0. The van der Waals surface area contributed by atoms with Gasteiger partial charge >= 0.3 is 0 Å². The highest BCUT2D eigenvalue weighted by Gasteiger charge is 2.35. The number of H-pyrrole nitrogens is 2. The van der Waals surface area contributed by atoms with Crippen LogP contribution in [0.4, 0.5) is 0 Å². The van der Waals surface area contributed by atoms with Crippen LogP contribution in [0.2, 0.25) is 0 Å². The number of benzene rings is 4. The molecule has 0 saturated carbocycles. The molecule has 0 bridgehead atoms. The van der Waals surface area contributed by atoms with Crippen molar-refractivity contribution < 1.29 is 39.0 Å². The van der Waals surface area contributed by atoms with E-state index in [-0.39, 0.29) is 37.2 Å². The molecule has 3 heterocycles. The molecule has 6 amide bonds. The molecule has 6 aromatic rings. The quantitative estimate of drug-likeness (QED) is 0.0899. The van der Waals surface area contributed by atoms with Gasteiger partial charge in [-0.2, -0.15) is 12.6 Å². The van der Waals surface area contributed by atoms with E-state index in [4.69, 9.17) is 0 Å². The average Bonchev–Trinajstić information content (AvgIpc) is 3.90. The first-order valence-electron chi connectivity index (χ1n) is 20.5. The summed E-state index contributed by atoms with van der Waals surface area (Å²) >= 11 is 4.35. The van der Waals surface area contributed by atoms with Gasteiger partial charge in [-0.15, -0.1) is 0 Å². The number of amides is 6. The smallest absolute Gasteiger partial charge is 0.245 e. The molecule has 7 rings (SSSR count). The standard InChI is InChI=1S/C46H48N8O8S/c55-24-39-45(61)50-36(19-27-14-16-30(56)17-15-27)42(58)54-40(25-63)46(62)52-37(20-28-22-47-33-12-6-4-10-31(28)33)43(59)49-35(18-26-8-2-1-3-9-26)41(57)51-38(44(60)53-39)21-29-23-48-34-13-7-5-11-32(29)34/h1-17,22-23,35-40,47-48,55-56,63H,18-21,24-25H2,(H,49,59)(H,50,61)(H,51,57)(H,52,62)(H,53,60)(H,54,58)/t35?,36?,37?,38?,39?,40-/m0/s1. The van der Waals surface area contributed by atoms with Gasteiger partial charge < -0.3 is 52.1 Å². The predicted octanol–water partition coefficient (Wildman–Crippen LogP) is 1.47. The minimum atomic E-state index is -1.59. The Labute approximate surface area is 367 Å². The van der Waals surface area contributed by atoms with E-state index in [1.807, 2.05) is 48.5 Å². The predicted molar refractivity (Wildman–Crippen MR) is 238 cm³/mol. The maximum atomic E-state index is 14.6. The molecular weight excluding hydrogens is 825 g/mol. The molecule has 1 fully saturated rings. The fourth-order valence-electron chi connectivity index (χ4n) is 7.62. The molecule has 326 valence electrons. The first-order valence-corrected chi connectivity index (χ1v) is 21.1. The molecule has 6 atom stereocenters. The van der Waals surface area contributed by atoms with Gasteiger partial charge in [0, 0.05) is 65.6 Å². The molecule has 4 aromatic carbocycles. The number of carbonyl (C=O) groups excluding carboxylic acids is 6. The van der Waals surface area contributed by atoms with Crippen molar-refractivity contribution in [2.45, 2.75) is 61.9 Å². The molecule has 1 aliphatic rings. The van der Waals surface area contributed by atoms with Gasteiger partial charge in [-0.1, -0.05) is 78.9 Å². The maximum absolute atomic E-state index is 14.6. The number of thiol groups is 1. The number of phenols is 1. The van der Waals surface area contributed by atoms with Crippen molar-refractivity contribution >= 4 is 69.9 Å². The summed E-state index contributed by atoms with van der Waals surface area (Å²) in [6, 6.07) is 21.5. The SMILES string of the molecule is O=C1NC(CO)C(=O)NC(Cc2ccc(O)cc2)C(=O)N[C@@H](CS)C(=O)NC(Cc2c[nH]c3ccccc23)C(=O)NC(Cc2ccccc2)C(=O)NC1Cc1c[nH]c2ccccc12. The number of aliphatic hydroxyl groups is 1. The number of nitrogens with one attached hydrogen (secondary N) is 8. The van der Waals surface area contributed by atoms with Crippen LogP contribution in [-0.2, 0) is 54.5 Å². The maximum Gasteiger partial charge on any atom is 0.245 e. The van der Waals surface area contributed by atoms with Gasteiger partial charge in [-0.25, -0.2) is 0 Å². The van der Waals surface area contributed by atoms with Gasteiger partial charge in [0.15, 0.2) is 0 Å². The van der Waals surface area contributed by atoms with E-state index in [2.05, 4.69) is 54.5 Å². The minimum absolute atomic E-state index is 0.00694. The van der Waals surface area contributed by atoms with Crippen LogP contribution in [0.3, 0.4) is 0 Å². The number of para-hydroxylation sites is 2. The van der Waals surface area contributed by atoms with Crippen molar-refractivity contribution in [3.8, 4) is 5.75 Å². The summed E-state index contributed by atoms with van der Waals surface area (Å²) in [7, 11) is 0. The molecule has 1 aliphatic heterocycles. The van der Waals surface area contributed by atoms with Crippen LogP contribution in [-0.4, -0.2) is 104 Å². The van der Waals surface area contributed by atoms with Crippen molar-refractivity contribution in [1.82, 2.24) is 41.9 Å². The monoisotopic (exact) mass is 872 g/mol. The Hall–Kier alpha value is -7.11. The second-order valence-corrected chi connectivity index (χ2v) is 15.8. The van der Waals surface area contributed by atoms with E-state index in [0.29, 0.717) is 22.3 Å². The Morgan fingerprint density at radius 2 is 0.794 bits per heavy atom. The van der Waals surface area contributed by atoms with Gasteiger partial charge in [0.2, 0.25) is 35.4 Å². The summed E-state index contributed by atoms with van der Waals surface area (Å²) in [5, 5.41) is 38.1. The fourth-order valence-corrected chi connectivity index (χ4v) is 7.87. The van der Waals surface area contributed by atoms with Crippen molar-refractivity contribution in [3.05, 3.63) is 138 Å². The number of carbonyl (C=O) groups is 6. The average molecular weight is 873 g/mol. The van der Waals surface area contributed by atoms with Crippen molar-refractivity contribution in [1.29, 1.82) is 0 Å². The Balaban J connectivity index is 1.28. The molecule has 17 heteroatoms. The third kappa shape index (κ3) is 10.9. The van der Waals surface area contributed by atoms with Crippen molar-refractivity contribution in [2.75, 3.05) is 12.4 Å². The normalized spacial score (nSPS) is 21.9. The summed E-state index contributed by atoms with van der Waals surface area (Å²) in [5.74, 6) is -5.02. The van der Waals surface area contributed by atoms with Crippen LogP contribution in [0.25, 0.3) is 21.8 Å². The molecule has 16 nitrogen and oxygen atoms in total. The molecule has 0 radical (unpaired) electrons. The summed E-state index contributed by atoms with van der Waals surface area (Å²) in [5.41, 5.74) is 4.14. The van der Waals surface area contributed by atoms with Crippen LogP contribution in [0.5, 0.6) is 5.75 Å².